The maximum absolute atomic E-state index is 12.6. The van der Waals surface area contributed by atoms with Crippen LogP contribution in [0.25, 0.3) is 0 Å². The van der Waals surface area contributed by atoms with Crippen LogP contribution in [0, 0.1) is 5.92 Å². The van der Waals surface area contributed by atoms with Crippen LogP contribution in [0.15, 0.2) is 27.6 Å². The van der Waals surface area contributed by atoms with Crippen LogP contribution < -0.4 is 0 Å². The first-order valence-electron chi connectivity index (χ1n) is 6.39. The molecule has 1 fully saturated rings. The number of hydrogen-bond donors (Lipinski definition) is 0. The fourth-order valence-electron chi connectivity index (χ4n) is 2.40. The third-order valence-electron chi connectivity index (χ3n) is 3.41. The Morgan fingerprint density at radius 3 is 2.90 bits per heavy atom. The number of halogens is 2. The van der Waals surface area contributed by atoms with Gasteiger partial charge in [0.1, 0.15) is 0 Å². The molecule has 4 nitrogen and oxygen atoms in total. The molecule has 0 N–H and O–H groups in total. The largest absolute Gasteiger partial charge is 0.384 e. The average molecular weight is 383 g/mol. The molecule has 1 aromatic rings. The summed E-state index contributed by atoms with van der Waals surface area (Å²) >= 11 is 9.17. The van der Waals surface area contributed by atoms with E-state index < -0.39 is 10.0 Å². The molecule has 0 amide bonds. The summed E-state index contributed by atoms with van der Waals surface area (Å²) in [6.07, 6.45) is 1.87. The van der Waals surface area contributed by atoms with Gasteiger partial charge in [0, 0.05) is 24.7 Å². The SMILES string of the molecule is COCC1CCCN(S(=O)(=O)c2ccc(Cl)c(Br)c2)C1. The van der Waals surface area contributed by atoms with E-state index in [2.05, 4.69) is 15.9 Å². The van der Waals surface area contributed by atoms with Crippen LogP contribution in [-0.2, 0) is 14.8 Å². The van der Waals surface area contributed by atoms with Crippen molar-refractivity contribution in [3.63, 3.8) is 0 Å². The molecule has 1 atom stereocenters. The molecule has 1 aliphatic rings. The van der Waals surface area contributed by atoms with Crippen molar-refractivity contribution in [2.45, 2.75) is 17.7 Å². The molecular weight excluding hydrogens is 366 g/mol. The lowest BCUT2D eigenvalue weighted by atomic mass is 10.0. The molecule has 1 aliphatic heterocycles. The van der Waals surface area contributed by atoms with Gasteiger partial charge in [-0.3, -0.25) is 0 Å². The monoisotopic (exact) mass is 381 g/mol. The second-order valence-corrected chi connectivity index (χ2v) is 8.10. The molecule has 1 saturated heterocycles. The quantitative estimate of drug-likeness (QED) is 0.803. The molecule has 0 saturated carbocycles. The highest BCUT2D eigenvalue weighted by molar-refractivity contribution is 9.10. The number of ether oxygens (including phenoxy) is 1. The highest BCUT2D eigenvalue weighted by Gasteiger charge is 2.30. The molecule has 1 unspecified atom stereocenters. The predicted molar refractivity (Wildman–Crippen MR) is 82.5 cm³/mol. The molecule has 1 heterocycles. The van der Waals surface area contributed by atoms with Crippen molar-refractivity contribution in [2.24, 2.45) is 5.92 Å². The number of hydrogen-bond acceptors (Lipinski definition) is 3. The molecule has 20 heavy (non-hydrogen) atoms. The van der Waals surface area contributed by atoms with Gasteiger partial charge in [0.25, 0.3) is 0 Å². The zero-order valence-electron chi connectivity index (χ0n) is 11.2. The third kappa shape index (κ3) is 3.54. The van der Waals surface area contributed by atoms with Crippen LogP contribution in [0.2, 0.25) is 5.02 Å². The maximum atomic E-state index is 12.6. The summed E-state index contributed by atoms with van der Waals surface area (Å²) in [4.78, 5) is 0.270. The topological polar surface area (TPSA) is 46.6 Å². The Balaban J connectivity index is 2.23. The summed E-state index contributed by atoms with van der Waals surface area (Å²) < 4.78 is 32.5. The number of rotatable bonds is 4. The van der Waals surface area contributed by atoms with E-state index >= 15 is 0 Å². The van der Waals surface area contributed by atoms with Crippen molar-refractivity contribution in [1.82, 2.24) is 4.31 Å². The third-order valence-corrected chi connectivity index (χ3v) is 6.49. The highest BCUT2D eigenvalue weighted by Crippen LogP contribution is 2.29. The average Bonchev–Trinajstić information content (AvgIpc) is 2.42. The zero-order valence-corrected chi connectivity index (χ0v) is 14.3. The van der Waals surface area contributed by atoms with Crippen molar-refractivity contribution in [2.75, 3.05) is 26.8 Å². The van der Waals surface area contributed by atoms with Crippen molar-refractivity contribution >= 4 is 37.6 Å². The Hall–Kier alpha value is -0.140. The Bertz CT molecular complexity index is 577. The smallest absolute Gasteiger partial charge is 0.243 e. The van der Waals surface area contributed by atoms with E-state index in [4.69, 9.17) is 16.3 Å². The van der Waals surface area contributed by atoms with Gasteiger partial charge in [-0.15, -0.1) is 0 Å². The lowest BCUT2D eigenvalue weighted by Crippen LogP contribution is -2.41. The molecule has 2 rings (SSSR count). The maximum Gasteiger partial charge on any atom is 0.243 e. The van der Waals surface area contributed by atoms with E-state index in [1.54, 1.807) is 25.3 Å². The van der Waals surface area contributed by atoms with Crippen molar-refractivity contribution in [3.8, 4) is 0 Å². The van der Waals surface area contributed by atoms with Gasteiger partial charge >= 0.3 is 0 Å². The minimum atomic E-state index is -3.46. The van der Waals surface area contributed by atoms with Gasteiger partial charge in [0.05, 0.1) is 16.5 Å². The van der Waals surface area contributed by atoms with Crippen molar-refractivity contribution in [1.29, 1.82) is 0 Å². The highest BCUT2D eigenvalue weighted by atomic mass is 79.9. The lowest BCUT2D eigenvalue weighted by molar-refractivity contribution is 0.118. The van der Waals surface area contributed by atoms with E-state index in [9.17, 15) is 8.42 Å². The molecule has 0 bridgehead atoms. The van der Waals surface area contributed by atoms with Crippen LogP contribution in [-0.4, -0.2) is 39.5 Å². The molecule has 0 radical (unpaired) electrons. The Morgan fingerprint density at radius 1 is 1.50 bits per heavy atom. The minimum Gasteiger partial charge on any atom is -0.384 e. The molecule has 0 aliphatic carbocycles. The van der Waals surface area contributed by atoms with Gasteiger partial charge in [0.15, 0.2) is 0 Å². The summed E-state index contributed by atoms with van der Waals surface area (Å²) in [6, 6.07) is 4.69. The zero-order chi connectivity index (χ0) is 14.8. The minimum absolute atomic E-state index is 0.263. The molecule has 7 heteroatoms. The van der Waals surface area contributed by atoms with Crippen LogP contribution >= 0.6 is 27.5 Å². The molecule has 0 spiro atoms. The number of nitrogens with zero attached hydrogens (tertiary/aromatic N) is 1. The van der Waals surface area contributed by atoms with Gasteiger partial charge in [-0.05, 0) is 52.9 Å². The number of sulfonamides is 1. The number of benzene rings is 1. The Morgan fingerprint density at radius 2 is 2.25 bits per heavy atom. The van der Waals surface area contributed by atoms with Crippen LogP contribution in [0.1, 0.15) is 12.8 Å². The van der Waals surface area contributed by atoms with Gasteiger partial charge in [-0.1, -0.05) is 11.6 Å². The van der Waals surface area contributed by atoms with E-state index in [0.29, 0.717) is 29.2 Å². The van der Waals surface area contributed by atoms with Crippen molar-refractivity contribution in [3.05, 3.63) is 27.7 Å². The van der Waals surface area contributed by atoms with Crippen LogP contribution in [0.4, 0.5) is 0 Å². The van der Waals surface area contributed by atoms with E-state index in [1.807, 2.05) is 0 Å². The van der Waals surface area contributed by atoms with Crippen LogP contribution in [0.3, 0.4) is 0 Å². The van der Waals surface area contributed by atoms with Gasteiger partial charge in [0.2, 0.25) is 10.0 Å². The fraction of sp³-hybridized carbons (Fsp3) is 0.538. The summed E-state index contributed by atoms with van der Waals surface area (Å²) in [5.74, 6) is 0.263. The molecule has 112 valence electrons. The van der Waals surface area contributed by atoms with Gasteiger partial charge < -0.3 is 4.74 Å². The Labute approximate surface area is 133 Å². The summed E-state index contributed by atoms with van der Waals surface area (Å²) in [7, 11) is -1.82. The normalized spacial score (nSPS) is 21.1. The van der Waals surface area contributed by atoms with Crippen LogP contribution in [0.5, 0.6) is 0 Å². The molecule has 1 aromatic carbocycles. The summed E-state index contributed by atoms with van der Waals surface area (Å²) in [5, 5.41) is 0.500. The van der Waals surface area contributed by atoms with Gasteiger partial charge in [-0.2, -0.15) is 4.31 Å². The number of methoxy groups -OCH3 is 1. The number of piperidine rings is 1. The first kappa shape index (κ1) is 16.2. The summed E-state index contributed by atoms with van der Waals surface area (Å²) in [6.45, 7) is 1.66. The van der Waals surface area contributed by atoms with Crippen molar-refractivity contribution < 1.29 is 13.2 Å². The molecule has 0 aromatic heterocycles. The summed E-state index contributed by atoms with van der Waals surface area (Å²) in [5.41, 5.74) is 0. The standard InChI is InChI=1S/C13H17BrClNO3S/c1-19-9-10-3-2-6-16(8-10)20(17,18)11-4-5-13(15)12(14)7-11/h4-5,7,10H,2-3,6,8-9H2,1H3. The van der Waals surface area contributed by atoms with E-state index in [1.165, 1.54) is 4.31 Å². The van der Waals surface area contributed by atoms with Gasteiger partial charge in [-0.25, -0.2) is 8.42 Å². The second-order valence-electron chi connectivity index (χ2n) is 4.90. The van der Waals surface area contributed by atoms with E-state index in [-0.39, 0.29) is 10.8 Å². The first-order valence-corrected chi connectivity index (χ1v) is 9.00. The first-order chi connectivity index (χ1) is 9.45. The molecular formula is C13H17BrClNO3S. The Kier molecular flexibility index (Phi) is 5.48. The second kappa shape index (κ2) is 6.75. The predicted octanol–water partition coefficient (Wildman–Crippen LogP) is 3.15. The fourth-order valence-corrected chi connectivity index (χ4v) is 4.63. The lowest BCUT2D eigenvalue weighted by Gasteiger charge is -2.31. The van der Waals surface area contributed by atoms with E-state index in [0.717, 1.165) is 12.8 Å².